The highest BCUT2D eigenvalue weighted by molar-refractivity contribution is 5.39. The molecule has 1 aromatic rings. The number of fused-ring (bicyclic) bond motifs is 1. The van der Waals surface area contributed by atoms with Crippen LogP contribution in [-0.2, 0) is 6.42 Å². The topological polar surface area (TPSA) is 0 Å². The van der Waals surface area contributed by atoms with E-state index in [9.17, 15) is 4.39 Å². The van der Waals surface area contributed by atoms with Gasteiger partial charge in [-0.05, 0) is 42.0 Å². The van der Waals surface area contributed by atoms with Crippen molar-refractivity contribution in [2.45, 2.75) is 13.3 Å². The highest BCUT2D eigenvalue weighted by Gasteiger charge is 2.17. The summed E-state index contributed by atoms with van der Waals surface area (Å²) in [6.45, 7) is 2.15. The van der Waals surface area contributed by atoms with Gasteiger partial charge in [0, 0.05) is 0 Å². The molecule has 1 atom stereocenters. The first-order valence-corrected chi connectivity index (χ1v) is 3.89. The van der Waals surface area contributed by atoms with E-state index in [4.69, 9.17) is 0 Å². The maximum absolute atomic E-state index is 12.7. The number of rotatable bonds is 0. The van der Waals surface area contributed by atoms with Crippen molar-refractivity contribution in [1.29, 1.82) is 0 Å². The van der Waals surface area contributed by atoms with Crippen molar-refractivity contribution in [2.75, 3.05) is 0 Å². The minimum absolute atomic E-state index is 0.130. The Bertz CT molecular complexity index is 278. The highest BCUT2D eigenvalue weighted by Crippen LogP contribution is 2.28. The third-order valence-corrected chi connectivity index (χ3v) is 2.11. The Hall–Kier alpha value is -0.850. The lowest BCUT2D eigenvalue weighted by Gasteiger charge is -1.95. The number of hydrogen-bond donors (Lipinski definition) is 0. The second kappa shape index (κ2) is 2.33. The van der Waals surface area contributed by atoms with Gasteiger partial charge in [-0.1, -0.05) is 13.0 Å². The van der Waals surface area contributed by atoms with Crippen LogP contribution >= 0.6 is 0 Å². The zero-order chi connectivity index (χ0) is 7.84. The normalized spacial score (nSPS) is 21.8. The number of halogens is 1. The first-order chi connectivity index (χ1) is 5.25. The van der Waals surface area contributed by atoms with Gasteiger partial charge in [0.05, 0.1) is 0 Å². The van der Waals surface area contributed by atoms with E-state index in [-0.39, 0.29) is 5.82 Å². The lowest BCUT2D eigenvalue weighted by molar-refractivity contribution is 0.626. The van der Waals surface area contributed by atoms with Crippen molar-refractivity contribution < 1.29 is 4.39 Å². The Kier molecular flexibility index (Phi) is 1.45. The van der Waals surface area contributed by atoms with E-state index in [1.54, 1.807) is 6.07 Å². The fourth-order valence-corrected chi connectivity index (χ4v) is 1.62. The van der Waals surface area contributed by atoms with Crippen molar-refractivity contribution in [3.05, 3.63) is 41.6 Å². The molecule has 0 N–H and O–H groups in total. The Morgan fingerprint density at radius 2 is 2.27 bits per heavy atom. The van der Waals surface area contributed by atoms with E-state index in [0.29, 0.717) is 5.92 Å². The molecular weight excluding hydrogens is 139 g/mol. The van der Waals surface area contributed by atoms with Gasteiger partial charge < -0.3 is 0 Å². The molecule has 0 spiro atoms. The molecule has 57 valence electrons. The SMILES string of the molecule is C[C@H]1[CH]c2cc(F)ccc2C1. The van der Waals surface area contributed by atoms with Crippen LogP contribution in [0.2, 0.25) is 0 Å². The molecule has 0 unspecified atom stereocenters. The van der Waals surface area contributed by atoms with Crippen molar-refractivity contribution in [3.8, 4) is 0 Å². The van der Waals surface area contributed by atoms with Crippen LogP contribution in [0.25, 0.3) is 0 Å². The average Bonchev–Trinajstić information content (AvgIpc) is 2.27. The van der Waals surface area contributed by atoms with Crippen LogP contribution in [0, 0.1) is 18.2 Å². The van der Waals surface area contributed by atoms with E-state index < -0.39 is 0 Å². The summed E-state index contributed by atoms with van der Waals surface area (Å²) in [5, 5.41) is 0. The minimum atomic E-state index is -0.130. The maximum atomic E-state index is 12.7. The molecule has 11 heavy (non-hydrogen) atoms. The lowest BCUT2D eigenvalue weighted by Crippen LogP contribution is -1.86. The van der Waals surface area contributed by atoms with Crippen molar-refractivity contribution in [3.63, 3.8) is 0 Å². The second-order valence-corrected chi connectivity index (χ2v) is 3.19. The first kappa shape index (κ1) is 6.84. The molecule has 2 rings (SSSR count). The zero-order valence-corrected chi connectivity index (χ0v) is 6.47. The third-order valence-electron chi connectivity index (χ3n) is 2.11. The van der Waals surface area contributed by atoms with Gasteiger partial charge in [-0.2, -0.15) is 0 Å². The van der Waals surface area contributed by atoms with Crippen LogP contribution in [0.5, 0.6) is 0 Å². The second-order valence-electron chi connectivity index (χ2n) is 3.19. The van der Waals surface area contributed by atoms with Crippen LogP contribution in [0.4, 0.5) is 4.39 Å². The molecule has 0 bridgehead atoms. The van der Waals surface area contributed by atoms with Crippen molar-refractivity contribution in [2.24, 2.45) is 5.92 Å². The Labute approximate surface area is 66.1 Å². The summed E-state index contributed by atoms with van der Waals surface area (Å²) < 4.78 is 12.7. The zero-order valence-electron chi connectivity index (χ0n) is 6.47. The predicted molar refractivity (Wildman–Crippen MR) is 42.7 cm³/mol. The van der Waals surface area contributed by atoms with Crippen molar-refractivity contribution in [1.82, 2.24) is 0 Å². The summed E-state index contributed by atoms with van der Waals surface area (Å²) in [5.74, 6) is 0.445. The van der Waals surface area contributed by atoms with Gasteiger partial charge in [0.2, 0.25) is 0 Å². The summed E-state index contributed by atoms with van der Waals surface area (Å²) >= 11 is 0. The number of benzene rings is 1. The van der Waals surface area contributed by atoms with E-state index in [1.807, 2.05) is 6.07 Å². The fourth-order valence-electron chi connectivity index (χ4n) is 1.62. The van der Waals surface area contributed by atoms with Gasteiger partial charge in [0.25, 0.3) is 0 Å². The quantitative estimate of drug-likeness (QED) is 0.531. The standard InChI is InChI=1S/C10H10F/c1-7-4-8-2-3-10(11)6-9(8)5-7/h2-3,5-7H,4H2,1H3/t7-/m1/s1. The smallest absolute Gasteiger partial charge is 0.123 e. The van der Waals surface area contributed by atoms with Crippen LogP contribution in [-0.4, -0.2) is 0 Å². The van der Waals surface area contributed by atoms with Crippen molar-refractivity contribution >= 4 is 0 Å². The Balaban J connectivity index is 2.43. The monoisotopic (exact) mass is 149 g/mol. The minimum Gasteiger partial charge on any atom is -0.207 e. The highest BCUT2D eigenvalue weighted by atomic mass is 19.1. The Morgan fingerprint density at radius 3 is 3.09 bits per heavy atom. The van der Waals surface area contributed by atoms with Gasteiger partial charge >= 0.3 is 0 Å². The van der Waals surface area contributed by atoms with Crippen LogP contribution in [0.3, 0.4) is 0 Å². The maximum Gasteiger partial charge on any atom is 0.123 e. The van der Waals surface area contributed by atoms with Gasteiger partial charge in [0.1, 0.15) is 5.82 Å². The van der Waals surface area contributed by atoms with Gasteiger partial charge in [-0.3, -0.25) is 0 Å². The molecule has 0 aliphatic heterocycles. The molecule has 0 fully saturated rings. The summed E-state index contributed by atoms with van der Waals surface area (Å²) in [4.78, 5) is 0. The largest absolute Gasteiger partial charge is 0.207 e. The van der Waals surface area contributed by atoms with E-state index in [0.717, 1.165) is 12.0 Å². The molecule has 1 heteroatoms. The average molecular weight is 149 g/mol. The summed E-state index contributed by atoms with van der Waals surface area (Å²) in [7, 11) is 0. The number of hydrogen-bond acceptors (Lipinski definition) is 0. The van der Waals surface area contributed by atoms with Gasteiger partial charge in [0.15, 0.2) is 0 Å². The van der Waals surface area contributed by atoms with E-state index in [1.165, 1.54) is 11.6 Å². The lowest BCUT2D eigenvalue weighted by atomic mass is 10.1. The molecule has 1 aliphatic rings. The molecule has 0 nitrogen and oxygen atoms in total. The summed E-state index contributed by atoms with van der Waals surface area (Å²) in [6.07, 6.45) is 3.19. The van der Waals surface area contributed by atoms with Crippen LogP contribution in [0.1, 0.15) is 18.1 Å². The molecule has 0 saturated carbocycles. The molecule has 1 radical (unpaired) electrons. The van der Waals surface area contributed by atoms with Crippen LogP contribution in [0.15, 0.2) is 18.2 Å². The Morgan fingerprint density at radius 1 is 1.45 bits per heavy atom. The molecule has 0 saturated heterocycles. The van der Waals surface area contributed by atoms with Crippen LogP contribution < -0.4 is 0 Å². The summed E-state index contributed by atoms with van der Waals surface area (Å²) in [5.41, 5.74) is 2.36. The summed E-state index contributed by atoms with van der Waals surface area (Å²) in [6, 6.07) is 5.02. The fraction of sp³-hybridized carbons (Fsp3) is 0.300. The molecule has 1 aliphatic carbocycles. The third kappa shape index (κ3) is 1.15. The van der Waals surface area contributed by atoms with E-state index >= 15 is 0 Å². The molecule has 0 heterocycles. The van der Waals surface area contributed by atoms with Gasteiger partial charge in [-0.15, -0.1) is 0 Å². The van der Waals surface area contributed by atoms with Gasteiger partial charge in [-0.25, -0.2) is 4.39 Å². The first-order valence-electron chi connectivity index (χ1n) is 3.89. The van der Waals surface area contributed by atoms with E-state index in [2.05, 4.69) is 13.3 Å². The molecular formula is C10H10F. The predicted octanol–water partition coefficient (Wildman–Crippen LogP) is 2.57. The molecule has 0 aromatic heterocycles. The molecule has 1 aromatic carbocycles. The molecule has 0 amide bonds.